The fourth-order valence-electron chi connectivity index (χ4n) is 1.37. The van der Waals surface area contributed by atoms with Crippen LogP contribution in [0.1, 0.15) is 0 Å². The van der Waals surface area contributed by atoms with Crippen LogP contribution in [0.2, 0.25) is 0 Å². The Morgan fingerprint density at radius 1 is 1.38 bits per heavy atom. The molecule has 0 spiro atoms. The zero-order valence-electron chi connectivity index (χ0n) is 8.55. The summed E-state index contributed by atoms with van der Waals surface area (Å²) in [6.07, 6.45) is 1.56. The lowest BCUT2D eigenvalue weighted by Crippen LogP contribution is -2.20. The molecule has 16 heavy (non-hydrogen) atoms. The van der Waals surface area contributed by atoms with Gasteiger partial charge in [0.1, 0.15) is 11.4 Å². The lowest BCUT2D eigenvalue weighted by atomic mass is 10.3. The Morgan fingerprint density at radius 3 is 2.81 bits per heavy atom. The van der Waals surface area contributed by atoms with Crippen LogP contribution in [0.15, 0.2) is 45.8 Å². The molecule has 0 N–H and O–H groups in total. The van der Waals surface area contributed by atoms with Gasteiger partial charge in [0.05, 0.1) is 13.3 Å². The van der Waals surface area contributed by atoms with Crippen molar-refractivity contribution < 1.29 is 4.74 Å². The molecular weight excluding hydrogens is 272 g/mol. The van der Waals surface area contributed by atoms with E-state index in [0.717, 1.165) is 0 Å². The maximum absolute atomic E-state index is 11.7. The number of benzene rings is 1. The average Bonchev–Trinajstić information content (AvgIpc) is 2.29. The molecule has 0 aliphatic carbocycles. The summed E-state index contributed by atoms with van der Waals surface area (Å²) in [6.45, 7) is 0. The number of aromatic nitrogens is 2. The van der Waals surface area contributed by atoms with Gasteiger partial charge in [0, 0.05) is 10.5 Å². The summed E-state index contributed by atoms with van der Waals surface area (Å²) in [5.74, 6) is 0.611. The van der Waals surface area contributed by atoms with E-state index in [2.05, 4.69) is 21.0 Å². The number of ether oxygens (including phenoxy) is 1. The number of hydrogen-bond acceptors (Lipinski definition) is 3. The second-order valence-corrected chi connectivity index (χ2v) is 4.01. The number of para-hydroxylation sites is 2. The summed E-state index contributed by atoms with van der Waals surface area (Å²) in [4.78, 5) is 11.7. The molecule has 0 atom stereocenters. The van der Waals surface area contributed by atoms with E-state index < -0.39 is 0 Å². The molecule has 0 saturated heterocycles. The van der Waals surface area contributed by atoms with E-state index in [0.29, 0.717) is 15.9 Å². The third-order valence-electron chi connectivity index (χ3n) is 2.08. The maximum Gasteiger partial charge on any atom is 0.272 e. The van der Waals surface area contributed by atoms with Crippen molar-refractivity contribution in [2.24, 2.45) is 0 Å². The largest absolute Gasteiger partial charge is 0.494 e. The summed E-state index contributed by atoms with van der Waals surface area (Å²) >= 11 is 3.20. The Morgan fingerprint density at radius 2 is 2.12 bits per heavy atom. The van der Waals surface area contributed by atoms with E-state index in [-0.39, 0.29) is 5.56 Å². The lowest BCUT2D eigenvalue weighted by molar-refractivity contribution is 0.411. The number of methoxy groups -OCH3 is 1. The van der Waals surface area contributed by atoms with Gasteiger partial charge in [-0.25, -0.2) is 0 Å². The molecule has 0 fully saturated rings. The lowest BCUT2D eigenvalue weighted by Gasteiger charge is -2.08. The molecule has 0 radical (unpaired) electrons. The van der Waals surface area contributed by atoms with Crippen molar-refractivity contribution in [1.29, 1.82) is 0 Å². The van der Waals surface area contributed by atoms with Crippen LogP contribution in [0.4, 0.5) is 0 Å². The van der Waals surface area contributed by atoms with Crippen molar-refractivity contribution in [2.45, 2.75) is 0 Å². The van der Waals surface area contributed by atoms with E-state index in [1.54, 1.807) is 25.4 Å². The first-order chi connectivity index (χ1) is 7.72. The molecular formula is C11H9BrN2O2. The summed E-state index contributed by atoms with van der Waals surface area (Å²) in [7, 11) is 1.56. The van der Waals surface area contributed by atoms with Crippen molar-refractivity contribution in [3.63, 3.8) is 0 Å². The molecule has 1 heterocycles. The third kappa shape index (κ3) is 1.99. The quantitative estimate of drug-likeness (QED) is 0.845. The molecule has 0 aliphatic rings. The Labute approximate surface area is 101 Å². The highest BCUT2D eigenvalue weighted by Gasteiger charge is 2.06. The second kappa shape index (κ2) is 4.49. The topological polar surface area (TPSA) is 44.1 Å². The van der Waals surface area contributed by atoms with Crippen molar-refractivity contribution in [3.05, 3.63) is 51.4 Å². The second-order valence-electron chi connectivity index (χ2n) is 3.10. The number of halogens is 1. The van der Waals surface area contributed by atoms with Crippen LogP contribution in [0.3, 0.4) is 0 Å². The summed E-state index contributed by atoms with van der Waals surface area (Å²) < 4.78 is 7.12. The van der Waals surface area contributed by atoms with Gasteiger partial charge in [0.15, 0.2) is 0 Å². The number of hydrogen-bond donors (Lipinski definition) is 0. The van der Waals surface area contributed by atoms with Crippen LogP contribution < -0.4 is 10.3 Å². The van der Waals surface area contributed by atoms with Crippen LogP contribution in [-0.2, 0) is 0 Å². The van der Waals surface area contributed by atoms with Gasteiger partial charge in [-0.3, -0.25) is 4.79 Å². The smallest absolute Gasteiger partial charge is 0.272 e. The standard InChI is InChI=1S/C11H9BrN2O2/c1-16-10-5-3-2-4-9(10)14-11(15)6-8(12)7-13-14/h2-7H,1H3. The summed E-state index contributed by atoms with van der Waals surface area (Å²) in [6, 6.07) is 8.69. The van der Waals surface area contributed by atoms with Crippen LogP contribution >= 0.6 is 15.9 Å². The Hall–Kier alpha value is -1.62. The SMILES string of the molecule is COc1ccccc1-n1ncc(Br)cc1=O. The molecule has 1 aromatic heterocycles. The van der Waals surface area contributed by atoms with Gasteiger partial charge in [0.2, 0.25) is 0 Å². The highest BCUT2D eigenvalue weighted by molar-refractivity contribution is 9.10. The fraction of sp³-hybridized carbons (Fsp3) is 0.0909. The van der Waals surface area contributed by atoms with Gasteiger partial charge in [-0.05, 0) is 28.1 Å². The highest BCUT2D eigenvalue weighted by atomic mass is 79.9. The maximum atomic E-state index is 11.7. The molecule has 0 aliphatic heterocycles. The molecule has 0 amide bonds. The van der Waals surface area contributed by atoms with E-state index >= 15 is 0 Å². The van der Waals surface area contributed by atoms with Crippen molar-refractivity contribution in [1.82, 2.24) is 9.78 Å². The van der Waals surface area contributed by atoms with Crippen molar-refractivity contribution in [3.8, 4) is 11.4 Å². The monoisotopic (exact) mass is 280 g/mol. The van der Waals surface area contributed by atoms with Gasteiger partial charge in [-0.15, -0.1) is 0 Å². The molecule has 2 rings (SSSR count). The van der Waals surface area contributed by atoms with Gasteiger partial charge < -0.3 is 4.74 Å². The molecule has 0 saturated carbocycles. The van der Waals surface area contributed by atoms with Crippen molar-refractivity contribution >= 4 is 15.9 Å². The molecule has 2 aromatic rings. The van der Waals surface area contributed by atoms with Crippen LogP contribution in [-0.4, -0.2) is 16.9 Å². The third-order valence-corrected chi connectivity index (χ3v) is 2.51. The normalized spacial score (nSPS) is 10.1. The van der Waals surface area contributed by atoms with Crippen molar-refractivity contribution in [2.75, 3.05) is 7.11 Å². The molecule has 5 heteroatoms. The number of nitrogens with zero attached hydrogens (tertiary/aromatic N) is 2. The Kier molecular flexibility index (Phi) is 3.05. The van der Waals surface area contributed by atoms with E-state index in [1.165, 1.54) is 10.7 Å². The zero-order valence-corrected chi connectivity index (χ0v) is 10.1. The van der Waals surface area contributed by atoms with E-state index in [9.17, 15) is 4.79 Å². The Bertz CT molecular complexity index is 566. The number of rotatable bonds is 2. The van der Waals surface area contributed by atoms with Gasteiger partial charge in [-0.1, -0.05) is 12.1 Å². The predicted molar refractivity (Wildman–Crippen MR) is 64.1 cm³/mol. The van der Waals surface area contributed by atoms with Gasteiger partial charge in [0.25, 0.3) is 5.56 Å². The minimum atomic E-state index is -0.209. The summed E-state index contributed by atoms with van der Waals surface area (Å²) in [5.41, 5.74) is 0.418. The highest BCUT2D eigenvalue weighted by Crippen LogP contribution is 2.19. The molecule has 1 aromatic carbocycles. The predicted octanol–water partition coefficient (Wildman–Crippen LogP) is 2.00. The molecule has 82 valence electrons. The molecule has 0 bridgehead atoms. The first kappa shape index (κ1) is 10.9. The first-order valence-electron chi connectivity index (χ1n) is 4.60. The van der Waals surface area contributed by atoms with E-state index in [1.807, 2.05) is 12.1 Å². The minimum absolute atomic E-state index is 0.209. The average molecular weight is 281 g/mol. The zero-order chi connectivity index (χ0) is 11.5. The fourth-order valence-corrected chi connectivity index (χ4v) is 1.66. The first-order valence-corrected chi connectivity index (χ1v) is 5.40. The van der Waals surface area contributed by atoms with Crippen LogP contribution in [0.5, 0.6) is 5.75 Å². The van der Waals surface area contributed by atoms with Crippen LogP contribution in [0.25, 0.3) is 5.69 Å². The van der Waals surface area contributed by atoms with Crippen LogP contribution in [0, 0.1) is 0 Å². The van der Waals surface area contributed by atoms with Gasteiger partial charge in [-0.2, -0.15) is 9.78 Å². The van der Waals surface area contributed by atoms with E-state index in [4.69, 9.17) is 4.74 Å². The minimum Gasteiger partial charge on any atom is -0.494 e. The van der Waals surface area contributed by atoms with Gasteiger partial charge >= 0.3 is 0 Å². The Balaban J connectivity index is 2.63. The molecule has 0 unspecified atom stereocenters. The summed E-state index contributed by atoms with van der Waals surface area (Å²) in [5, 5.41) is 4.03. The molecule has 4 nitrogen and oxygen atoms in total.